The standard InChI is InChI=1S/C15H19N3O2/c1-16(2)14(20)18-9-8-15(10-18)11-6-4-5-7-12(11)17(3)13(15)19/h4-7H,8-10H2,1-3H3. The third kappa shape index (κ3) is 1.55. The molecular formula is C15H19N3O2. The van der Waals surface area contributed by atoms with E-state index >= 15 is 0 Å². The Bertz CT molecular complexity index is 584. The predicted molar refractivity (Wildman–Crippen MR) is 76.8 cm³/mol. The number of fused-ring (bicyclic) bond motifs is 2. The van der Waals surface area contributed by atoms with Crippen molar-refractivity contribution in [2.24, 2.45) is 0 Å². The lowest BCUT2D eigenvalue weighted by molar-refractivity contribution is -0.122. The minimum absolute atomic E-state index is 0.0262. The number of carbonyl (C=O) groups excluding carboxylic acids is 2. The number of nitrogens with zero attached hydrogens (tertiary/aromatic N) is 3. The molecule has 3 rings (SSSR count). The summed E-state index contributed by atoms with van der Waals surface area (Å²) in [6.45, 7) is 1.11. The van der Waals surface area contributed by atoms with Crippen LogP contribution in [0.4, 0.5) is 10.5 Å². The summed E-state index contributed by atoms with van der Waals surface area (Å²) in [7, 11) is 5.29. The molecule has 0 saturated carbocycles. The fraction of sp³-hybridized carbons (Fsp3) is 0.467. The lowest BCUT2D eigenvalue weighted by Gasteiger charge is -2.25. The number of likely N-dealkylation sites (tertiary alicyclic amines) is 1. The summed E-state index contributed by atoms with van der Waals surface area (Å²) in [6.07, 6.45) is 0.701. The third-order valence-corrected chi connectivity index (χ3v) is 4.42. The monoisotopic (exact) mass is 273 g/mol. The number of para-hydroxylation sites is 1. The van der Waals surface area contributed by atoms with Crippen molar-refractivity contribution < 1.29 is 9.59 Å². The van der Waals surface area contributed by atoms with Crippen molar-refractivity contribution in [3.05, 3.63) is 29.8 Å². The van der Waals surface area contributed by atoms with Crippen molar-refractivity contribution in [1.82, 2.24) is 9.80 Å². The van der Waals surface area contributed by atoms with Crippen LogP contribution in [0.5, 0.6) is 0 Å². The van der Waals surface area contributed by atoms with Gasteiger partial charge in [-0.2, -0.15) is 0 Å². The van der Waals surface area contributed by atoms with Gasteiger partial charge in [0.25, 0.3) is 0 Å². The first-order chi connectivity index (χ1) is 9.47. The van der Waals surface area contributed by atoms with Crippen LogP contribution in [-0.2, 0) is 10.2 Å². The van der Waals surface area contributed by atoms with E-state index in [1.165, 1.54) is 0 Å². The van der Waals surface area contributed by atoms with Gasteiger partial charge < -0.3 is 14.7 Å². The Morgan fingerprint density at radius 3 is 2.70 bits per heavy atom. The smallest absolute Gasteiger partial charge is 0.319 e. The highest BCUT2D eigenvalue weighted by molar-refractivity contribution is 6.08. The maximum atomic E-state index is 12.7. The second kappa shape index (κ2) is 4.23. The Labute approximate surface area is 118 Å². The number of urea groups is 1. The minimum Gasteiger partial charge on any atom is -0.331 e. The van der Waals surface area contributed by atoms with E-state index in [0.29, 0.717) is 19.5 Å². The van der Waals surface area contributed by atoms with E-state index in [1.54, 1.807) is 28.8 Å². The number of likely N-dealkylation sites (N-methyl/N-ethyl adjacent to an activating group) is 1. The van der Waals surface area contributed by atoms with Gasteiger partial charge in [-0.15, -0.1) is 0 Å². The first kappa shape index (κ1) is 13.0. The Hall–Kier alpha value is -2.04. The zero-order valence-electron chi connectivity index (χ0n) is 12.1. The molecule has 106 valence electrons. The number of hydrogen-bond donors (Lipinski definition) is 0. The average molecular weight is 273 g/mol. The number of benzene rings is 1. The summed E-state index contributed by atoms with van der Waals surface area (Å²) in [5, 5.41) is 0. The molecule has 2 aliphatic heterocycles. The maximum absolute atomic E-state index is 12.7. The maximum Gasteiger partial charge on any atom is 0.319 e. The quantitative estimate of drug-likeness (QED) is 0.715. The summed E-state index contributed by atoms with van der Waals surface area (Å²) in [4.78, 5) is 29.9. The Morgan fingerprint density at radius 2 is 2.00 bits per heavy atom. The van der Waals surface area contributed by atoms with Crippen molar-refractivity contribution in [2.75, 3.05) is 39.1 Å². The van der Waals surface area contributed by atoms with E-state index in [-0.39, 0.29) is 11.9 Å². The number of amides is 3. The largest absolute Gasteiger partial charge is 0.331 e. The van der Waals surface area contributed by atoms with E-state index < -0.39 is 5.41 Å². The Morgan fingerprint density at radius 1 is 1.30 bits per heavy atom. The predicted octanol–water partition coefficient (Wildman–Crippen LogP) is 1.29. The SMILES string of the molecule is CN(C)C(=O)N1CCC2(C1)C(=O)N(C)c1ccccc12. The van der Waals surface area contributed by atoms with Crippen LogP contribution in [-0.4, -0.2) is 56.0 Å². The zero-order chi connectivity index (χ0) is 14.5. The molecule has 2 aliphatic rings. The van der Waals surface area contributed by atoms with Crippen molar-refractivity contribution in [2.45, 2.75) is 11.8 Å². The molecule has 20 heavy (non-hydrogen) atoms. The van der Waals surface area contributed by atoms with Gasteiger partial charge in [0.2, 0.25) is 5.91 Å². The topological polar surface area (TPSA) is 43.9 Å². The van der Waals surface area contributed by atoms with E-state index in [2.05, 4.69) is 0 Å². The van der Waals surface area contributed by atoms with E-state index in [9.17, 15) is 9.59 Å². The van der Waals surface area contributed by atoms with Gasteiger partial charge in [0.05, 0.1) is 5.41 Å². The second-order valence-corrected chi connectivity index (χ2v) is 5.81. The molecule has 1 aromatic rings. The molecule has 5 heteroatoms. The van der Waals surface area contributed by atoms with Crippen molar-refractivity contribution in [3.63, 3.8) is 0 Å². The summed E-state index contributed by atoms with van der Waals surface area (Å²) >= 11 is 0. The molecule has 1 spiro atoms. The number of anilines is 1. The molecule has 2 heterocycles. The van der Waals surface area contributed by atoms with Gasteiger partial charge in [0.1, 0.15) is 0 Å². The fourth-order valence-corrected chi connectivity index (χ4v) is 3.37. The van der Waals surface area contributed by atoms with Crippen LogP contribution in [0.2, 0.25) is 0 Å². The third-order valence-electron chi connectivity index (χ3n) is 4.42. The van der Waals surface area contributed by atoms with E-state index in [4.69, 9.17) is 0 Å². The van der Waals surface area contributed by atoms with Crippen molar-refractivity contribution in [3.8, 4) is 0 Å². The van der Waals surface area contributed by atoms with Crippen LogP contribution in [0.1, 0.15) is 12.0 Å². The van der Waals surface area contributed by atoms with Gasteiger partial charge in [-0.1, -0.05) is 18.2 Å². The van der Waals surface area contributed by atoms with Crippen molar-refractivity contribution in [1.29, 1.82) is 0 Å². The highest BCUT2D eigenvalue weighted by atomic mass is 16.2. The molecule has 1 saturated heterocycles. The van der Waals surface area contributed by atoms with Gasteiger partial charge in [0.15, 0.2) is 0 Å². The zero-order valence-corrected chi connectivity index (χ0v) is 12.1. The molecule has 1 aromatic carbocycles. The number of carbonyl (C=O) groups is 2. The van der Waals surface area contributed by atoms with Crippen LogP contribution >= 0.6 is 0 Å². The highest BCUT2D eigenvalue weighted by Gasteiger charge is 2.54. The van der Waals surface area contributed by atoms with Crippen LogP contribution in [0.15, 0.2) is 24.3 Å². The van der Waals surface area contributed by atoms with Gasteiger partial charge in [0, 0.05) is 39.9 Å². The Kier molecular flexibility index (Phi) is 2.74. The van der Waals surface area contributed by atoms with Gasteiger partial charge in [-0.3, -0.25) is 4.79 Å². The molecule has 0 radical (unpaired) electrons. The molecule has 1 atom stereocenters. The van der Waals surface area contributed by atoms with Crippen LogP contribution in [0, 0.1) is 0 Å². The number of hydrogen-bond acceptors (Lipinski definition) is 2. The molecule has 0 bridgehead atoms. The molecule has 3 amide bonds. The molecular weight excluding hydrogens is 254 g/mol. The molecule has 0 aliphatic carbocycles. The fourth-order valence-electron chi connectivity index (χ4n) is 3.37. The average Bonchev–Trinajstić information content (AvgIpc) is 2.97. The second-order valence-electron chi connectivity index (χ2n) is 5.81. The first-order valence-electron chi connectivity index (χ1n) is 6.81. The van der Waals surface area contributed by atoms with Gasteiger partial charge in [-0.05, 0) is 18.1 Å². The lowest BCUT2D eigenvalue weighted by Crippen LogP contribution is -2.44. The summed E-state index contributed by atoms with van der Waals surface area (Å²) < 4.78 is 0. The van der Waals surface area contributed by atoms with Gasteiger partial charge in [-0.25, -0.2) is 4.79 Å². The first-order valence-corrected chi connectivity index (χ1v) is 6.81. The number of rotatable bonds is 0. The van der Waals surface area contributed by atoms with Crippen LogP contribution < -0.4 is 4.90 Å². The Balaban J connectivity index is 1.99. The summed E-state index contributed by atoms with van der Waals surface area (Å²) in [5.74, 6) is 0.104. The van der Waals surface area contributed by atoms with Gasteiger partial charge >= 0.3 is 6.03 Å². The minimum atomic E-state index is -0.545. The molecule has 0 N–H and O–H groups in total. The van der Waals surface area contributed by atoms with E-state index in [1.807, 2.05) is 31.3 Å². The van der Waals surface area contributed by atoms with Crippen LogP contribution in [0.3, 0.4) is 0 Å². The molecule has 5 nitrogen and oxygen atoms in total. The lowest BCUT2D eigenvalue weighted by atomic mass is 9.81. The van der Waals surface area contributed by atoms with Crippen LogP contribution in [0.25, 0.3) is 0 Å². The normalized spacial score (nSPS) is 24.4. The summed E-state index contributed by atoms with van der Waals surface area (Å²) in [5.41, 5.74) is 1.48. The highest BCUT2D eigenvalue weighted by Crippen LogP contribution is 2.46. The molecule has 1 fully saturated rings. The summed E-state index contributed by atoms with van der Waals surface area (Å²) in [6, 6.07) is 7.86. The molecule has 0 aromatic heterocycles. The molecule has 1 unspecified atom stereocenters. The van der Waals surface area contributed by atoms with E-state index in [0.717, 1.165) is 11.3 Å². The van der Waals surface area contributed by atoms with Crippen molar-refractivity contribution >= 4 is 17.6 Å².